The lowest BCUT2D eigenvalue weighted by atomic mass is 9.93. The Morgan fingerprint density at radius 3 is 2.68 bits per heavy atom. The van der Waals surface area contributed by atoms with E-state index in [1.54, 1.807) is 0 Å². The Labute approximate surface area is 186 Å². The molecule has 0 amide bonds. The van der Waals surface area contributed by atoms with E-state index in [0.29, 0.717) is 6.54 Å². The predicted octanol–water partition coefficient (Wildman–Crippen LogP) is 4.58. The molecule has 1 aliphatic heterocycles. The molecular formula is C27H33N3O. The highest BCUT2D eigenvalue weighted by molar-refractivity contribution is 5.82. The highest BCUT2D eigenvalue weighted by Gasteiger charge is 2.19. The van der Waals surface area contributed by atoms with Crippen LogP contribution in [0.5, 0.6) is 5.75 Å². The number of piperidine rings is 1. The molecule has 162 valence electrons. The van der Waals surface area contributed by atoms with Gasteiger partial charge in [0.2, 0.25) is 0 Å². The third-order valence-electron chi connectivity index (χ3n) is 6.40. The van der Waals surface area contributed by atoms with E-state index in [9.17, 15) is 0 Å². The van der Waals surface area contributed by atoms with Gasteiger partial charge in [-0.3, -0.25) is 4.90 Å². The molecule has 0 radical (unpaired) electrons. The molecule has 2 heterocycles. The Morgan fingerprint density at radius 1 is 1.10 bits per heavy atom. The van der Waals surface area contributed by atoms with Crippen LogP contribution in [-0.2, 0) is 20.1 Å². The zero-order valence-corrected chi connectivity index (χ0v) is 18.5. The number of benzene rings is 2. The molecule has 4 rings (SSSR count). The van der Waals surface area contributed by atoms with Gasteiger partial charge in [-0.1, -0.05) is 36.3 Å². The van der Waals surface area contributed by atoms with Crippen molar-refractivity contribution in [2.75, 3.05) is 26.2 Å². The lowest BCUT2D eigenvalue weighted by molar-refractivity contribution is 0.157. The minimum Gasteiger partial charge on any atom is -0.494 e. The summed E-state index contributed by atoms with van der Waals surface area (Å²) in [4.78, 5) is 2.58. The average Bonchev–Trinajstić information content (AvgIpc) is 3.11. The molecule has 4 nitrogen and oxygen atoms in total. The van der Waals surface area contributed by atoms with Crippen LogP contribution in [0, 0.1) is 18.3 Å². The molecule has 0 unspecified atom stereocenters. The molecule has 1 fully saturated rings. The number of nitrogens with zero attached hydrogens (tertiary/aromatic N) is 2. The van der Waals surface area contributed by atoms with Gasteiger partial charge in [0, 0.05) is 36.7 Å². The summed E-state index contributed by atoms with van der Waals surface area (Å²) in [5.74, 6) is 4.35. The predicted molar refractivity (Wildman–Crippen MR) is 128 cm³/mol. The van der Waals surface area contributed by atoms with E-state index in [4.69, 9.17) is 11.2 Å². The van der Waals surface area contributed by atoms with Gasteiger partial charge in [-0.2, -0.15) is 0 Å². The maximum absolute atomic E-state index is 6.12. The van der Waals surface area contributed by atoms with Crippen LogP contribution in [-0.4, -0.2) is 35.7 Å². The van der Waals surface area contributed by atoms with Crippen molar-refractivity contribution in [1.82, 2.24) is 14.8 Å². The minimum atomic E-state index is 0.584. The van der Waals surface area contributed by atoms with E-state index in [1.807, 2.05) is 0 Å². The SMILES string of the molecule is C#CCNCc1cc2cc(OCCC3CCN(Cc4ccccc4)CC3)ccc2n1C. The van der Waals surface area contributed by atoms with Crippen molar-refractivity contribution in [3.63, 3.8) is 0 Å². The highest BCUT2D eigenvalue weighted by Crippen LogP contribution is 2.26. The second-order valence-electron chi connectivity index (χ2n) is 8.57. The standard InChI is InChI=1S/C27H33N3O/c1-3-14-28-20-25-18-24-19-26(9-10-27(24)29(25)2)31-17-13-22-11-15-30(16-12-22)21-23-7-5-4-6-8-23/h1,4-10,18-19,22,28H,11-17,20-21H2,2H3. The maximum Gasteiger partial charge on any atom is 0.120 e. The Bertz CT molecular complexity index is 1010. The molecule has 0 bridgehead atoms. The van der Waals surface area contributed by atoms with Gasteiger partial charge in [0.25, 0.3) is 0 Å². The number of terminal acetylenes is 1. The van der Waals surface area contributed by atoms with Gasteiger partial charge in [0.1, 0.15) is 5.75 Å². The Balaban J connectivity index is 1.23. The molecule has 1 aliphatic rings. The van der Waals surface area contributed by atoms with Gasteiger partial charge in [-0.15, -0.1) is 6.42 Å². The second kappa shape index (κ2) is 10.5. The largest absolute Gasteiger partial charge is 0.494 e. The van der Waals surface area contributed by atoms with Crippen molar-refractivity contribution < 1.29 is 4.74 Å². The number of fused-ring (bicyclic) bond motifs is 1. The van der Waals surface area contributed by atoms with Crippen molar-refractivity contribution >= 4 is 10.9 Å². The van der Waals surface area contributed by atoms with Gasteiger partial charge in [-0.05, 0) is 68.1 Å². The summed E-state index contributed by atoms with van der Waals surface area (Å²) < 4.78 is 8.34. The summed E-state index contributed by atoms with van der Waals surface area (Å²) in [6, 6.07) is 19.4. The van der Waals surface area contributed by atoms with E-state index in [2.05, 4.69) is 82.3 Å². The van der Waals surface area contributed by atoms with Crippen LogP contribution in [0.15, 0.2) is 54.6 Å². The molecule has 3 aromatic rings. The van der Waals surface area contributed by atoms with Crippen molar-refractivity contribution in [2.24, 2.45) is 13.0 Å². The first-order valence-corrected chi connectivity index (χ1v) is 11.3. The van der Waals surface area contributed by atoms with Gasteiger partial charge in [0.15, 0.2) is 0 Å². The smallest absolute Gasteiger partial charge is 0.120 e. The molecule has 4 heteroatoms. The van der Waals surface area contributed by atoms with Crippen molar-refractivity contribution in [1.29, 1.82) is 0 Å². The molecule has 2 aromatic carbocycles. The summed E-state index contributed by atoms with van der Waals surface area (Å²) >= 11 is 0. The molecule has 0 atom stereocenters. The fourth-order valence-electron chi connectivity index (χ4n) is 4.53. The van der Waals surface area contributed by atoms with E-state index >= 15 is 0 Å². The van der Waals surface area contributed by atoms with Crippen LogP contribution in [0.4, 0.5) is 0 Å². The van der Waals surface area contributed by atoms with Gasteiger partial charge >= 0.3 is 0 Å². The quantitative estimate of drug-likeness (QED) is 0.410. The highest BCUT2D eigenvalue weighted by atomic mass is 16.5. The van der Waals surface area contributed by atoms with Crippen LogP contribution in [0.1, 0.15) is 30.5 Å². The van der Waals surface area contributed by atoms with Crippen LogP contribution in [0.25, 0.3) is 10.9 Å². The summed E-state index contributed by atoms with van der Waals surface area (Å²) in [7, 11) is 2.10. The Kier molecular flexibility index (Phi) is 7.30. The van der Waals surface area contributed by atoms with Crippen LogP contribution in [0.2, 0.25) is 0 Å². The number of rotatable bonds is 9. The fraction of sp³-hybridized carbons (Fsp3) is 0.407. The second-order valence-corrected chi connectivity index (χ2v) is 8.57. The summed E-state index contributed by atoms with van der Waals surface area (Å²) in [6.07, 6.45) is 8.99. The lowest BCUT2D eigenvalue weighted by Crippen LogP contribution is -2.33. The van der Waals surface area contributed by atoms with E-state index in [0.717, 1.165) is 37.8 Å². The molecule has 31 heavy (non-hydrogen) atoms. The van der Waals surface area contributed by atoms with Crippen molar-refractivity contribution in [3.8, 4) is 18.1 Å². The van der Waals surface area contributed by atoms with E-state index < -0.39 is 0 Å². The zero-order chi connectivity index (χ0) is 21.5. The minimum absolute atomic E-state index is 0.584. The summed E-state index contributed by atoms with van der Waals surface area (Å²) in [5, 5.41) is 4.48. The van der Waals surface area contributed by atoms with E-state index in [-0.39, 0.29) is 0 Å². The third-order valence-corrected chi connectivity index (χ3v) is 6.40. The number of aryl methyl sites for hydroxylation is 1. The first-order chi connectivity index (χ1) is 15.2. The number of ether oxygens (including phenoxy) is 1. The number of hydrogen-bond acceptors (Lipinski definition) is 3. The molecule has 0 aliphatic carbocycles. The third kappa shape index (κ3) is 5.70. The summed E-state index contributed by atoms with van der Waals surface area (Å²) in [6.45, 7) is 5.59. The zero-order valence-electron chi connectivity index (χ0n) is 18.5. The molecule has 1 N–H and O–H groups in total. The lowest BCUT2D eigenvalue weighted by Gasteiger charge is -2.32. The molecule has 1 saturated heterocycles. The van der Waals surface area contributed by atoms with Crippen molar-refractivity contribution in [3.05, 3.63) is 65.9 Å². The molecule has 0 saturated carbocycles. The number of likely N-dealkylation sites (tertiary alicyclic amines) is 1. The molecule has 0 spiro atoms. The van der Waals surface area contributed by atoms with E-state index in [1.165, 1.54) is 48.1 Å². The maximum atomic E-state index is 6.12. The molecular weight excluding hydrogens is 382 g/mol. The Morgan fingerprint density at radius 2 is 1.90 bits per heavy atom. The van der Waals surface area contributed by atoms with Crippen LogP contribution < -0.4 is 10.1 Å². The fourth-order valence-corrected chi connectivity index (χ4v) is 4.53. The monoisotopic (exact) mass is 415 g/mol. The van der Waals surface area contributed by atoms with Crippen molar-refractivity contribution in [2.45, 2.75) is 32.4 Å². The first kappa shape index (κ1) is 21.5. The van der Waals surface area contributed by atoms with Crippen LogP contribution in [0.3, 0.4) is 0 Å². The van der Waals surface area contributed by atoms with Gasteiger partial charge < -0.3 is 14.6 Å². The summed E-state index contributed by atoms with van der Waals surface area (Å²) in [5.41, 5.74) is 3.86. The number of aromatic nitrogens is 1. The number of hydrogen-bond donors (Lipinski definition) is 1. The topological polar surface area (TPSA) is 29.4 Å². The molecule has 1 aromatic heterocycles. The normalized spacial score (nSPS) is 15.2. The Hall–Kier alpha value is -2.74. The first-order valence-electron chi connectivity index (χ1n) is 11.3. The average molecular weight is 416 g/mol. The number of nitrogens with one attached hydrogen (secondary N) is 1. The van der Waals surface area contributed by atoms with Gasteiger partial charge in [-0.25, -0.2) is 0 Å². The van der Waals surface area contributed by atoms with Gasteiger partial charge in [0.05, 0.1) is 13.2 Å². The van der Waals surface area contributed by atoms with Crippen LogP contribution >= 0.6 is 0 Å².